The van der Waals surface area contributed by atoms with E-state index in [0.717, 1.165) is 9.88 Å². The first kappa shape index (κ1) is 9.65. The lowest BCUT2D eigenvalue weighted by Crippen LogP contribution is -1.97. The van der Waals surface area contributed by atoms with Crippen LogP contribution in [0, 0.1) is 5.41 Å². The largest absolute Gasteiger partial charge is 0.481 e. The van der Waals surface area contributed by atoms with E-state index in [4.69, 9.17) is 5.11 Å². The predicted octanol–water partition coefficient (Wildman–Crippen LogP) is 2.28. The second-order valence-electron chi connectivity index (χ2n) is 4.48. The summed E-state index contributed by atoms with van der Waals surface area (Å²) < 4.78 is 0. The second-order valence-corrected chi connectivity index (χ2v) is 5.63. The zero-order valence-corrected chi connectivity index (χ0v) is 9.10. The van der Waals surface area contributed by atoms with Crippen molar-refractivity contribution in [1.29, 1.82) is 0 Å². The lowest BCUT2D eigenvalue weighted by molar-refractivity contribution is -0.136. The molecule has 2 rings (SSSR count). The van der Waals surface area contributed by atoms with E-state index in [2.05, 4.69) is 18.8 Å². The SMILES string of the molecule is CC1(C)CC1c1ncc(CC(=O)O)s1. The van der Waals surface area contributed by atoms with Crippen LogP contribution in [0.25, 0.3) is 0 Å². The van der Waals surface area contributed by atoms with Gasteiger partial charge in [-0.2, -0.15) is 0 Å². The molecule has 1 fully saturated rings. The van der Waals surface area contributed by atoms with E-state index in [1.807, 2.05) is 0 Å². The molecule has 1 heterocycles. The van der Waals surface area contributed by atoms with Crippen LogP contribution in [0.15, 0.2) is 6.20 Å². The Kier molecular flexibility index (Phi) is 2.10. The highest BCUT2D eigenvalue weighted by Gasteiger charge is 2.48. The number of nitrogens with zero attached hydrogens (tertiary/aromatic N) is 1. The van der Waals surface area contributed by atoms with Crippen LogP contribution in [0.4, 0.5) is 0 Å². The Bertz CT molecular complexity index is 370. The highest BCUT2D eigenvalue weighted by Crippen LogP contribution is 2.59. The average molecular weight is 211 g/mol. The summed E-state index contributed by atoms with van der Waals surface area (Å²) in [6.45, 7) is 4.44. The van der Waals surface area contributed by atoms with Crippen LogP contribution < -0.4 is 0 Å². The number of carboxylic acids is 1. The summed E-state index contributed by atoms with van der Waals surface area (Å²) in [6, 6.07) is 0. The van der Waals surface area contributed by atoms with Crippen molar-refractivity contribution < 1.29 is 9.90 Å². The number of carbonyl (C=O) groups is 1. The number of carboxylic acid groups (broad SMARTS) is 1. The zero-order valence-electron chi connectivity index (χ0n) is 8.28. The molecule has 3 nitrogen and oxygen atoms in total. The minimum Gasteiger partial charge on any atom is -0.481 e. The van der Waals surface area contributed by atoms with Gasteiger partial charge in [-0.1, -0.05) is 13.8 Å². The van der Waals surface area contributed by atoms with Gasteiger partial charge in [-0.3, -0.25) is 4.79 Å². The smallest absolute Gasteiger partial charge is 0.308 e. The van der Waals surface area contributed by atoms with Gasteiger partial charge in [0.15, 0.2) is 0 Å². The molecule has 0 aliphatic heterocycles. The first-order valence-corrected chi connectivity index (χ1v) is 5.47. The van der Waals surface area contributed by atoms with Gasteiger partial charge < -0.3 is 5.11 Å². The highest BCUT2D eigenvalue weighted by atomic mass is 32.1. The van der Waals surface area contributed by atoms with Crippen molar-refractivity contribution in [1.82, 2.24) is 4.98 Å². The average Bonchev–Trinajstić information content (AvgIpc) is 2.52. The quantitative estimate of drug-likeness (QED) is 0.834. The molecule has 0 bridgehead atoms. The third kappa shape index (κ3) is 1.80. The van der Waals surface area contributed by atoms with E-state index in [1.54, 1.807) is 17.5 Å². The third-order valence-electron chi connectivity index (χ3n) is 2.71. The number of hydrogen-bond acceptors (Lipinski definition) is 3. The van der Waals surface area contributed by atoms with Gasteiger partial charge in [0.2, 0.25) is 0 Å². The molecule has 76 valence electrons. The van der Waals surface area contributed by atoms with Crippen LogP contribution in [-0.2, 0) is 11.2 Å². The van der Waals surface area contributed by atoms with E-state index < -0.39 is 5.97 Å². The third-order valence-corrected chi connectivity index (χ3v) is 3.82. The van der Waals surface area contributed by atoms with Crippen molar-refractivity contribution in [2.24, 2.45) is 5.41 Å². The number of aromatic nitrogens is 1. The van der Waals surface area contributed by atoms with Gasteiger partial charge in [0.25, 0.3) is 0 Å². The molecule has 1 saturated carbocycles. The minimum absolute atomic E-state index is 0.102. The van der Waals surface area contributed by atoms with Gasteiger partial charge in [0.1, 0.15) is 0 Å². The van der Waals surface area contributed by atoms with Crippen molar-refractivity contribution in [2.45, 2.75) is 32.6 Å². The van der Waals surface area contributed by atoms with Crippen LogP contribution in [0.5, 0.6) is 0 Å². The summed E-state index contributed by atoms with van der Waals surface area (Å²) in [7, 11) is 0. The molecule has 0 aromatic carbocycles. The van der Waals surface area contributed by atoms with Crippen LogP contribution >= 0.6 is 11.3 Å². The van der Waals surface area contributed by atoms with Crippen LogP contribution in [0.3, 0.4) is 0 Å². The Balaban J connectivity index is 2.08. The van der Waals surface area contributed by atoms with Crippen molar-refractivity contribution in [2.75, 3.05) is 0 Å². The fourth-order valence-electron chi connectivity index (χ4n) is 1.60. The molecule has 1 aliphatic rings. The Morgan fingerprint density at radius 2 is 2.43 bits per heavy atom. The summed E-state index contributed by atoms with van der Waals surface area (Å²) in [6.07, 6.45) is 2.97. The number of rotatable bonds is 3. The molecular formula is C10H13NO2S. The molecule has 0 spiro atoms. The Morgan fingerprint density at radius 1 is 1.79 bits per heavy atom. The van der Waals surface area contributed by atoms with E-state index in [-0.39, 0.29) is 6.42 Å². The Morgan fingerprint density at radius 3 is 2.93 bits per heavy atom. The maximum atomic E-state index is 10.5. The summed E-state index contributed by atoms with van der Waals surface area (Å²) in [5, 5.41) is 9.71. The summed E-state index contributed by atoms with van der Waals surface area (Å²) in [4.78, 5) is 15.6. The molecule has 1 aromatic rings. The fourth-order valence-corrected chi connectivity index (χ4v) is 2.82. The van der Waals surface area contributed by atoms with Gasteiger partial charge in [-0.15, -0.1) is 11.3 Å². The normalized spacial score (nSPS) is 23.4. The van der Waals surface area contributed by atoms with Crippen LogP contribution in [-0.4, -0.2) is 16.1 Å². The molecule has 1 aliphatic carbocycles. The molecule has 0 amide bonds. The molecule has 1 N–H and O–H groups in total. The van der Waals surface area contributed by atoms with E-state index >= 15 is 0 Å². The Hall–Kier alpha value is -0.900. The first-order chi connectivity index (χ1) is 6.49. The van der Waals surface area contributed by atoms with Gasteiger partial charge >= 0.3 is 5.97 Å². The second kappa shape index (κ2) is 3.05. The molecule has 1 aromatic heterocycles. The molecule has 0 radical (unpaired) electrons. The van der Waals surface area contributed by atoms with Crippen molar-refractivity contribution in [3.63, 3.8) is 0 Å². The molecular weight excluding hydrogens is 198 g/mol. The van der Waals surface area contributed by atoms with Crippen molar-refractivity contribution in [3.05, 3.63) is 16.1 Å². The van der Waals surface area contributed by atoms with E-state index in [9.17, 15) is 4.79 Å². The van der Waals surface area contributed by atoms with Gasteiger partial charge in [0, 0.05) is 17.0 Å². The summed E-state index contributed by atoms with van der Waals surface area (Å²) in [5.74, 6) is -0.231. The first-order valence-electron chi connectivity index (χ1n) is 4.65. The number of thiazole rings is 1. The summed E-state index contributed by atoms with van der Waals surface area (Å²) >= 11 is 1.54. The predicted molar refractivity (Wildman–Crippen MR) is 54.6 cm³/mol. The van der Waals surface area contributed by atoms with E-state index in [0.29, 0.717) is 11.3 Å². The van der Waals surface area contributed by atoms with E-state index in [1.165, 1.54) is 6.42 Å². The van der Waals surface area contributed by atoms with Crippen molar-refractivity contribution in [3.8, 4) is 0 Å². The van der Waals surface area contributed by atoms with Gasteiger partial charge in [0.05, 0.1) is 11.4 Å². The van der Waals surface area contributed by atoms with Gasteiger partial charge in [-0.05, 0) is 11.8 Å². The van der Waals surface area contributed by atoms with Gasteiger partial charge in [-0.25, -0.2) is 4.98 Å². The maximum absolute atomic E-state index is 10.5. The molecule has 0 saturated heterocycles. The molecule has 4 heteroatoms. The lowest BCUT2D eigenvalue weighted by Gasteiger charge is -1.97. The standard InChI is InChI=1S/C10H13NO2S/c1-10(2)4-7(10)9-11-5-6(14-9)3-8(12)13/h5,7H,3-4H2,1-2H3,(H,12,13). The van der Waals surface area contributed by atoms with Crippen molar-refractivity contribution >= 4 is 17.3 Å². The zero-order chi connectivity index (χ0) is 10.3. The monoisotopic (exact) mass is 211 g/mol. The topological polar surface area (TPSA) is 50.2 Å². The molecule has 14 heavy (non-hydrogen) atoms. The number of hydrogen-bond donors (Lipinski definition) is 1. The maximum Gasteiger partial charge on any atom is 0.308 e. The summed E-state index contributed by atoms with van der Waals surface area (Å²) in [5.41, 5.74) is 0.373. The Labute approximate surface area is 86.8 Å². The minimum atomic E-state index is -0.782. The van der Waals surface area contributed by atoms with Crippen LogP contribution in [0.1, 0.15) is 36.1 Å². The molecule has 1 atom stereocenters. The van der Waals surface area contributed by atoms with Crippen LogP contribution in [0.2, 0.25) is 0 Å². The lowest BCUT2D eigenvalue weighted by atomic mass is 10.1. The number of aliphatic carboxylic acids is 1. The highest BCUT2D eigenvalue weighted by molar-refractivity contribution is 7.11. The fraction of sp³-hybridized carbons (Fsp3) is 0.600. The molecule has 1 unspecified atom stereocenters.